The Hall–Kier alpha value is -0.220. The van der Waals surface area contributed by atoms with Gasteiger partial charge >= 0.3 is 0 Å². The van der Waals surface area contributed by atoms with Gasteiger partial charge in [-0.15, -0.1) is 0 Å². The lowest BCUT2D eigenvalue weighted by Gasteiger charge is -2.10. The Bertz CT molecular complexity index is 130. The van der Waals surface area contributed by atoms with Gasteiger partial charge in [-0.1, -0.05) is 6.92 Å². The molecule has 0 bridgehead atoms. The fraction of sp³-hybridized carbons (Fsp3) is 0.875. The van der Waals surface area contributed by atoms with E-state index in [2.05, 4.69) is 5.32 Å². The minimum absolute atomic E-state index is 0.0223. The summed E-state index contributed by atoms with van der Waals surface area (Å²) in [4.78, 5) is 11.2. The van der Waals surface area contributed by atoms with E-state index < -0.39 is 0 Å². The summed E-state index contributed by atoms with van der Waals surface area (Å²) in [7, 11) is 0. The minimum Gasteiger partial charge on any atom is -0.355 e. The first-order valence-electron chi connectivity index (χ1n) is 4.24. The van der Waals surface area contributed by atoms with Crippen LogP contribution < -0.4 is 11.1 Å². The number of rotatable bonds is 6. The van der Waals surface area contributed by atoms with Crippen molar-refractivity contribution in [2.24, 2.45) is 5.73 Å². The monoisotopic (exact) mass is 190 g/mol. The molecule has 0 aromatic heterocycles. The standard InChI is InChI=1S/C8H18N2OS/c1-3-5-10-8(11)7(9)4-6-12-2/h7H,3-6,9H2,1-2H3,(H,10,11). The third-order valence-corrected chi connectivity index (χ3v) is 2.16. The highest BCUT2D eigenvalue weighted by Crippen LogP contribution is 1.98. The molecule has 0 saturated carbocycles. The van der Waals surface area contributed by atoms with Crippen molar-refractivity contribution in [3.8, 4) is 0 Å². The summed E-state index contributed by atoms with van der Waals surface area (Å²) in [5.41, 5.74) is 5.62. The van der Waals surface area contributed by atoms with Gasteiger partial charge in [0, 0.05) is 6.54 Å². The molecule has 0 saturated heterocycles. The number of carbonyl (C=O) groups is 1. The molecule has 1 atom stereocenters. The van der Waals surface area contributed by atoms with Crippen LogP contribution in [0.1, 0.15) is 19.8 Å². The maximum absolute atomic E-state index is 11.2. The molecule has 0 aliphatic carbocycles. The molecule has 72 valence electrons. The van der Waals surface area contributed by atoms with Crippen molar-refractivity contribution in [2.75, 3.05) is 18.6 Å². The van der Waals surface area contributed by atoms with Crippen LogP contribution in [0, 0.1) is 0 Å². The van der Waals surface area contributed by atoms with E-state index >= 15 is 0 Å². The molecule has 0 aliphatic heterocycles. The van der Waals surface area contributed by atoms with Crippen LogP contribution in [-0.2, 0) is 4.79 Å². The van der Waals surface area contributed by atoms with E-state index in [1.165, 1.54) is 0 Å². The number of hydrogen-bond acceptors (Lipinski definition) is 3. The lowest BCUT2D eigenvalue weighted by molar-refractivity contribution is -0.122. The third kappa shape index (κ3) is 5.43. The number of nitrogens with one attached hydrogen (secondary N) is 1. The van der Waals surface area contributed by atoms with Gasteiger partial charge < -0.3 is 11.1 Å². The van der Waals surface area contributed by atoms with Gasteiger partial charge in [-0.3, -0.25) is 4.79 Å². The predicted octanol–water partition coefficient (Wildman–Crippen LogP) is 0.593. The van der Waals surface area contributed by atoms with Crippen LogP contribution >= 0.6 is 11.8 Å². The van der Waals surface area contributed by atoms with Crippen molar-refractivity contribution < 1.29 is 4.79 Å². The van der Waals surface area contributed by atoms with Crippen molar-refractivity contribution >= 4 is 17.7 Å². The largest absolute Gasteiger partial charge is 0.355 e. The van der Waals surface area contributed by atoms with E-state index in [1.807, 2.05) is 13.2 Å². The maximum atomic E-state index is 11.2. The Morgan fingerprint density at radius 2 is 2.33 bits per heavy atom. The van der Waals surface area contributed by atoms with E-state index in [-0.39, 0.29) is 11.9 Å². The lowest BCUT2D eigenvalue weighted by atomic mass is 10.2. The highest BCUT2D eigenvalue weighted by atomic mass is 32.2. The fourth-order valence-corrected chi connectivity index (χ4v) is 1.24. The molecule has 0 aromatic carbocycles. The van der Waals surface area contributed by atoms with E-state index in [0.29, 0.717) is 0 Å². The Morgan fingerprint density at radius 3 is 2.83 bits per heavy atom. The van der Waals surface area contributed by atoms with Gasteiger partial charge in [0.25, 0.3) is 0 Å². The van der Waals surface area contributed by atoms with Gasteiger partial charge in [-0.2, -0.15) is 11.8 Å². The van der Waals surface area contributed by atoms with Gasteiger partial charge in [0.05, 0.1) is 6.04 Å². The highest BCUT2D eigenvalue weighted by molar-refractivity contribution is 7.98. The SMILES string of the molecule is CCCNC(=O)C(N)CCSC. The molecule has 0 heterocycles. The van der Waals surface area contributed by atoms with Crippen molar-refractivity contribution in [3.63, 3.8) is 0 Å². The second-order valence-corrected chi connectivity index (χ2v) is 3.66. The molecule has 3 nitrogen and oxygen atoms in total. The maximum Gasteiger partial charge on any atom is 0.236 e. The Labute approximate surface area is 78.5 Å². The summed E-state index contributed by atoms with van der Waals surface area (Å²) in [6.45, 7) is 2.75. The molecule has 0 rings (SSSR count). The van der Waals surface area contributed by atoms with E-state index in [0.717, 1.165) is 25.1 Å². The molecule has 1 amide bonds. The summed E-state index contributed by atoms with van der Waals surface area (Å²) in [6.07, 6.45) is 3.73. The summed E-state index contributed by atoms with van der Waals surface area (Å²) < 4.78 is 0. The van der Waals surface area contributed by atoms with Crippen molar-refractivity contribution in [2.45, 2.75) is 25.8 Å². The smallest absolute Gasteiger partial charge is 0.236 e. The summed E-state index contributed by atoms with van der Waals surface area (Å²) in [5, 5.41) is 2.77. The zero-order valence-corrected chi connectivity index (χ0v) is 8.62. The predicted molar refractivity (Wildman–Crippen MR) is 54.3 cm³/mol. The Balaban J connectivity index is 3.47. The molecule has 3 N–H and O–H groups in total. The number of amides is 1. The quantitative estimate of drug-likeness (QED) is 0.644. The van der Waals surface area contributed by atoms with Crippen LogP contribution in [0.3, 0.4) is 0 Å². The van der Waals surface area contributed by atoms with Crippen LogP contribution in [0.25, 0.3) is 0 Å². The first kappa shape index (κ1) is 11.8. The molecular weight excluding hydrogens is 172 g/mol. The van der Waals surface area contributed by atoms with Gasteiger partial charge in [0.15, 0.2) is 0 Å². The number of nitrogens with two attached hydrogens (primary N) is 1. The van der Waals surface area contributed by atoms with Crippen molar-refractivity contribution in [1.82, 2.24) is 5.32 Å². The topological polar surface area (TPSA) is 55.1 Å². The second kappa shape index (κ2) is 7.43. The normalized spacial score (nSPS) is 12.6. The number of carbonyl (C=O) groups excluding carboxylic acids is 1. The number of thioether (sulfide) groups is 1. The third-order valence-electron chi connectivity index (χ3n) is 1.52. The molecule has 0 radical (unpaired) electrons. The zero-order valence-electron chi connectivity index (χ0n) is 7.80. The van der Waals surface area contributed by atoms with Crippen molar-refractivity contribution in [3.05, 3.63) is 0 Å². The van der Waals surface area contributed by atoms with E-state index in [1.54, 1.807) is 11.8 Å². The Morgan fingerprint density at radius 1 is 1.67 bits per heavy atom. The average Bonchev–Trinajstić information content (AvgIpc) is 2.10. The molecule has 0 spiro atoms. The van der Waals surface area contributed by atoms with Crippen LogP contribution in [-0.4, -0.2) is 30.5 Å². The average molecular weight is 190 g/mol. The van der Waals surface area contributed by atoms with Crippen LogP contribution in [0.2, 0.25) is 0 Å². The van der Waals surface area contributed by atoms with E-state index in [9.17, 15) is 4.79 Å². The summed E-state index contributed by atoms with van der Waals surface area (Å²) >= 11 is 1.71. The molecular formula is C8H18N2OS. The summed E-state index contributed by atoms with van der Waals surface area (Å²) in [6, 6.07) is -0.330. The first-order chi connectivity index (χ1) is 5.72. The second-order valence-electron chi connectivity index (χ2n) is 2.68. The molecule has 4 heteroatoms. The first-order valence-corrected chi connectivity index (χ1v) is 5.64. The minimum atomic E-state index is -0.330. The van der Waals surface area contributed by atoms with Gasteiger partial charge in [0.2, 0.25) is 5.91 Å². The molecule has 1 unspecified atom stereocenters. The fourth-order valence-electron chi connectivity index (χ4n) is 0.755. The molecule has 0 aromatic rings. The van der Waals surface area contributed by atoms with Crippen LogP contribution in [0.15, 0.2) is 0 Å². The summed E-state index contributed by atoms with van der Waals surface area (Å²) in [5.74, 6) is 0.923. The van der Waals surface area contributed by atoms with Crippen LogP contribution in [0.5, 0.6) is 0 Å². The Kier molecular flexibility index (Phi) is 7.29. The van der Waals surface area contributed by atoms with Gasteiger partial charge in [0.1, 0.15) is 0 Å². The zero-order chi connectivity index (χ0) is 9.40. The van der Waals surface area contributed by atoms with Crippen molar-refractivity contribution in [1.29, 1.82) is 0 Å². The number of hydrogen-bond donors (Lipinski definition) is 2. The highest BCUT2D eigenvalue weighted by Gasteiger charge is 2.10. The van der Waals surface area contributed by atoms with E-state index in [4.69, 9.17) is 5.73 Å². The van der Waals surface area contributed by atoms with Gasteiger partial charge in [-0.25, -0.2) is 0 Å². The molecule has 0 aliphatic rings. The lowest BCUT2D eigenvalue weighted by Crippen LogP contribution is -2.41. The molecule has 0 fully saturated rings. The molecule has 12 heavy (non-hydrogen) atoms. The van der Waals surface area contributed by atoms with Gasteiger partial charge in [-0.05, 0) is 24.9 Å². The van der Waals surface area contributed by atoms with Crippen LogP contribution in [0.4, 0.5) is 0 Å².